The van der Waals surface area contributed by atoms with Crippen LogP contribution >= 0.6 is 0 Å². The number of carbonyl (C=O) groups excluding carboxylic acids is 1. The third kappa shape index (κ3) is 3.09. The van der Waals surface area contributed by atoms with Crippen molar-refractivity contribution in [2.24, 2.45) is 0 Å². The molecule has 15 heavy (non-hydrogen) atoms. The highest BCUT2D eigenvalue weighted by atomic mass is 16.4. The first-order chi connectivity index (χ1) is 6.82. The summed E-state index contributed by atoms with van der Waals surface area (Å²) in [6, 6.07) is -1.36. The largest absolute Gasteiger partial charge is 0.480 e. The number of aliphatic hydroxyl groups is 1. The maximum atomic E-state index is 11.5. The van der Waals surface area contributed by atoms with Crippen molar-refractivity contribution in [3.05, 3.63) is 0 Å². The number of carboxylic acid groups (broad SMARTS) is 1. The zero-order valence-electron chi connectivity index (χ0n) is 8.86. The molecule has 0 saturated carbocycles. The van der Waals surface area contributed by atoms with E-state index in [2.05, 4.69) is 5.32 Å². The molecule has 1 aliphatic rings. The lowest BCUT2D eigenvalue weighted by Crippen LogP contribution is -2.46. The number of β-amino-alcohol motifs (C(OH)–C–C–N with tert-alkyl or cyclic N) is 1. The van der Waals surface area contributed by atoms with Gasteiger partial charge in [-0.1, -0.05) is 0 Å². The van der Waals surface area contributed by atoms with E-state index < -0.39 is 23.6 Å². The molecule has 3 N–H and O–H groups in total. The molecule has 1 rings (SSSR count). The summed E-state index contributed by atoms with van der Waals surface area (Å²) in [6.07, 6.45) is 0.516. The topological polar surface area (TPSA) is 89.9 Å². The fraction of sp³-hybridized carbons (Fsp3) is 0.778. The number of nitrogens with zero attached hydrogens (tertiary/aromatic N) is 1. The number of aliphatic carboxylic acids is 1. The van der Waals surface area contributed by atoms with Crippen LogP contribution in [0.5, 0.6) is 0 Å². The van der Waals surface area contributed by atoms with E-state index in [1.807, 2.05) is 0 Å². The molecule has 86 valence electrons. The van der Waals surface area contributed by atoms with Crippen molar-refractivity contribution >= 4 is 12.0 Å². The van der Waals surface area contributed by atoms with Crippen LogP contribution in [0.1, 0.15) is 20.3 Å². The monoisotopic (exact) mass is 216 g/mol. The smallest absolute Gasteiger partial charge is 0.325 e. The summed E-state index contributed by atoms with van der Waals surface area (Å²) >= 11 is 0. The Balaban J connectivity index is 2.46. The van der Waals surface area contributed by atoms with E-state index >= 15 is 0 Å². The first kappa shape index (κ1) is 11.8. The number of urea groups is 1. The van der Waals surface area contributed by atoms with Gasteiger partial charge in [0.05, 0.1) is 12.1 Å². The molecule has 6 heteroatoms. The average molecular weight is 216 g/mol. The molecule has 0 spiro atoms. The van der Waals surface area contributed by atoms with Crippen LogP contribution in [0, 0.1) is 0 Å². The zero-order valence-corrected chi connectivity index (χ0v) is 8.86. The minimum Gasteiger partial charge on any atom is -0.480 e. The van der Waals surface area contributed by atoms with Crippen LogP contribution in [-0.4, -0.2) is 51.8 Å². The minimum absolute atomic E-state index is 0.241. The van der Waals surface area contributed by atoms with E-state index in [0.717, 1.165) is 0 Å². The van der Waals surface area contributed by atoms with Crippen molar-refractivity contribution in [2.75, 3.05) is 13.1 Å². The maximum Gasteiger partial charge on any atom is 0.325 e. The molecular formula is C9H16N2O4. The summed E-state index contributed by atoms with van der Waals surface area (Å²) in [6.45, 7) is 3.74. The molecular weight excluding hydrogens is 200 g/mol. The number of hydrogen-bond donors (Lipinski definition) is 3. The second-order valence-electron chi connectivity index (χ2n) is 4.18. The van der Waals surface area contributed by atoms with Crippen molar-refractivity contribution in [2.45, 2.75) is 31.9 Å². The molecule has 0 aromatic carbocycles. The highest BCUT2D eigenvalue weighted by molar-refractivity contribution is 5.82. The van der Waals surface area contributed by atoms with Gasteiger partial charge in [-0.3, -0.25) is 4.79 Å². The van der Waals surface area contributed by atoms with E-state index in [-0.39, 0.29) is 6.54 Å². The van der Waals surface area contributed by atoms with Gasteiger partial charge in [0.2, 0.25) is 0 Å². The Morgan fingerprint density at radius 3 is 2.53 bits per heavy atom. The predicted octanol–water partition coefficient (Wildman–Crippen LogP) is -0.374. The SMILES string of the molecule is C[C@@H](NC(=O)N1CCC(C)(O)C1)C(=O)O. The number of carbonyl (C=O) groups is 2. The maximum absolute atomic E-state index is 11.5. The number of amides is 2. The Hall–Kier alpha value is -1.30. The Bertz CT molecular complexity index is 277. The molecule has 1 aliphatic heterocycles. The van der Waals surface area contributed by atoms with Crippen LogP contribution in [0.4, 0.5) is 4.79 Å². The quantitative estimate of drug-likeness (QED) is 0.587. The van der Waals surface area contributed by atoms with Gasteiger partial charge in [0.1, 0.15) is 6.04 Å². The van der Waals surface area contributed by atoms with Crippen LogP contribution in [0.25, 0.3) is 0 Å². The molecule has 1 heterocycles. The second kappa shape index (κ2) is 4.06. The second-order valence-corrected chi connectivity index (χ2v) is 4.18. The van der Waals surface area contributed by atoms with Gasteiger partial charge in [0, 0.05) is 6.54 Å². The van der Waals surface area contributed by atoms with Gasteiger partial charge in [0.15, 0.2) is 0 Å². The Morgan fingerprint density at radius 2 is 2.13 bits per heavy atom. The number of hydrogen-bond acceptors (Lipinski definition) is 3. The van der Waals surface area contributed by atoms with E-state index in [9.17, 15) is 14.7 Å². The van der Waals surface area contributed by atoms with Crippen molar-refractivity contribution in [1.82, 2.24) is 10.2 Å². The lowest BCUT2D eigenvalue weighted by Gasteiger charge is -2.20. The van der Waals surface area contributed by atoms with Crippen LogP contribution < -0.4 is 5.32 Å². The molecule has 1 fully saturated rings. The van der Waals surface area contributed by atoms with Gasteiger partial charge >= 0.3 is 12.0 Å². The van der Waals surface area contributed by atoms with Crippen LogP contribution in [0.2, 0.25) is 0 Å². The molecule has 0 aromatic heterocycles. The summed E-state index contributed by atoms with van der Waals surface area (Å²) in [5.74, 6) is -1.07. The van der Waals surface area contributed by atoms with Crippen molar-refractivity contribution in [1.29, 1.82) is 0 Å². The highest BCUT2D eigenvalue weighted by Gasteiger charge is 2.34. The minimum atomic E-state index is -1.07. The molecule has 1 unspecified atom stereocenters. The summed E-state index contributed by atoms with van der Waals surface area (Å²) in [4.78, 5) is 23.4. The van der Waals surface area contributed by atoms with E-state index in [1.165, 1.54) is 11.8 Å². The van der Waals surface area contributed by atoms with E-state index in [1.54, 1.807) is 6.92 Å². The molecule has 2 atom stereocenters. The lowest BCUT2D eigenvalue weighted by atomic mass is 10.1. The summed E-state index contributed by atoms with van der Waals surface area (Å²) in [5, 5.41) is 20.5. The van der Waals surface area contributed by atoms with Gasteiger partial charge in [-0.15, -0.1) is 0 Å². The van der Waals surface area contributed by atoms with Crippen molar-refractivity contribution < 1.29 is 19.8 Å². The third-order valence-electron chi connectivity index (χ3n) is 2.45. The lowest BCUT2D eigenvalue weighted by molar-refractivity contribution is -0.138. The van der Waals surface area contributed by atoms with Crippen molar-refractivity contribution in [3.8, 4) is 0 Å². The molecule has 0 aliphatic carbocycles. The standard InChI is InChI=1S/C9H16N2O4/c1-6(7(12)13)10-8(14)11-4-3-9(2,15)5-11/h6,15H,3-5H2,1-2H3,(H,10,14)(H,12,13)/t6-,9?/m1/s1. The van der Waals surface area contributed by atoms with E-state index in [0.29, 0.717) is 13.0 Å². The zero-order chi connectivity index (χ0) is 11.6. The van der Waals surface area contributed by atoms with Gasteiger partial charge < -0.3 is 20.4 Å². The van der Waals surface area contributed by atoms with Crippen LogP contribution in [0.15, 0.2) is 0 Å². The number of likely N-dealkylation sites (tertiary alicyclic amines) is 1. The molecule has 6 nitrogen and oxygen atoms in total. The normalized spacial score (nSPS) is 27.5. The van der Waals surface area contributed by atoms with Crippen LogP contribution in [0.3, 0.4) is 0 Å². The first-order valence-electron chi connectivity index (χ1n) is 4.82. The molecule has 0 radical (unpaired) electrons. The van der Waals surface area contributed by atoms with Crippen molar-refractivity contribution in [3.63, 3.8) is 0 Å². The fourth-order valence-corrected chi connectivity index (χ4v) is 1.46. The third-order valence-corrected chi connectivity index (χ3v) is 2.45. The Labute approximate surface area is 87.9 Å². The average Bonchev–Trinajstić information content (AvgIpc) is 2.45. The summed E-state index contributed by atoms with van der Waals surface area (Å²) < 4.78 is 0. The molecule has 0 aromatic rings. The van der Waals surface area contributed by atoms with Gasteiger partial charge in [-0.05, 0) is 20.3 Å². The summed E-state index contributed by atoms with van der Waals surface area (Å²) in [7, 11) is 0. The number of nitrogens with one attached hydrogen (secondary N) is 1. The number of rotatable bonds is 2. The molecule has 0 bridgehead atoms. The number of carboxylic acids is 1. The van der Waals surface area contributed by atoms with E-state index in [4.69, 9.17) is 5.11 Å². The first-order valence-corrected chi connectivity index (χ1v) is 4.82. The molecule has 1 saturated heterocycles. The Kier molecular flexibility index (Phi) is 3.18. The van der Waals surface area contributed by atoms with Crippen LogP contribution in [-0.2, 0) is 4.79 Å². The van der Waals surface area contributed by atoms with Gasteiger partial charge in [0.25, 0.3) is 0 Å². The Morgan fingerprint density at radius 1 is 1.53 bits per heavy atom. The summed E-state index contributed by atoms with van der Waals surface area (Å²) in [5.41, 5.74) is -0.857. The van der Waals surface area contributed by atoms with Gasteiger partial charge in [-0.2, -0.15) is 0 Å². The fourth-order valence-electron chi connectivity index (χ4n) is 1.46. The van der Waals surface area contributed by atoms with Gasteiger partial charge in [-0.25, -0.2) is 4.79 Å². The highest BCUT2D eigenvalue weighted by Crippen LogP contribution is 2.19. The molecule has 2 amide bonds. The predicted molar refractivity (Wildman–Crippen MR) is 52.4 cm³/mol.